The Morgan fingerprint density at radius 3 is 2.05 bits per heavy atom. The molecule has 2 aromatic carbocycles. The van der Waals surface area contributed by atoms with Gasteiger partial charge >= 0.3 is 11.9 Å². The molecule has 0 N–H and O–H groups in total. The SMILES string of the molecule is CC(=O)Oc1ccc(C2C3=C(CC(C4=CC=CCC4C)CC3=O)OC3=C2C(=O)CC(c2ccccc2)C3)cc1OC(C)=O. The van der Waals surface area contributed by atoms with E-state index in [4.69, 9.17) is 14.2 Å². The Balaban J connectivity index is 1.47. The van der Waals surface area contributed by atoms with E-state index in [9.17, 15) is 19.2 Å². The number of hydrogen-bond donors (Lipinski definition) is 0. The molecule has 4 atom stereocenters. The second-order valence-electron chi connectivity index (χ2n) is 11.8. The summed E-state index contributed by atoms with van der Waals surface area (Å²) < 4.78 is 17.3. The highest BCUT2D eigenvalue weighted by molar-refractivity contribution is 6.06. The Bertz CT molecular complexity index is 1640. The predicted molar refractivity (Wildman–Crippen MR) is 159 cm³/mol. The van der Waals surface area contributed by atoms with E-state index in [2.05, 4.69) is 25.2 Å². The van der Waals surface area contributed by atoms with Gasteiger partial charge in [-0.3, -0.25) is 19.2 Å². The van der Waals surface area contributed by atoms with Crippen molar-refractivity contribution in [1.82, 2.24) is 0 Å². The standard InChI is InChI=1S/C36H34O7/c1-20-9-7-8-12-27(20)26-16-29(40)36-33(19-26)43-32-18-25(23-10-5-4-6-11-23)15-28(39)35(32)34(36)24-13-14-30(41-21(2)37)31(17-24)42-22(3)38/h4-8,10-14,17,20,25-26,34H,9,15-16,18-19H2,1-3H3. The minimum atomic E-state index is -0.685. The molecule has 7 heteroatoms. The number of Topliss-reactive ketones (excluding diaryl/α,β-unsaturated/α-hetero) is 2. The van der Waals surface area contributed by atoms with Crippen molar-refractivity contribution in [1.29, 1.82) is 0 Å². The Kier molecular flexibility index (Phi) is 7.74. The topological polar surface area (TPSA) is 96.0 Å². The van der Waals surface area contributed by atoms with Gasteiger partial charge in [-0.25, -0.2) is 0 Å². The average molecular weight is 579 g/mol. The minimum Gasteiger partial charge on any atom is -0.465 e. The highest BCUT2D eigenvalue weighted by Gasteiger charge is 2.46. The number of esters is 2. The fourth-order valence-corrected chi connectivity index (χ4v) is 6.93. The lowest BCUT2D eigenvalue weighted by molar-refractivity contribution is -0.134. The van der Waals surface area contributed by atoms with E-state index in [1.165, 1.54) is 19.4 Å². The van der Waals surface area contributed by atoms with Crippen LogP contribution >= 0.6 is 0 Å². The van der Waals surface area contributed by atoms with Crippen molar-refractivity contribution in [2.24, 2.45) is 11.8 Å². The van der Waals surface area contributed by atoms with Crippen LogP contribution in [0.25, 0.3) is 0 Å². The monoisotopic (exact) mass is 578 g/mol. The highest BCUT2D eigenvalue weighted by Crippen LogP contribution is 2.52. The van der Waals surface area contributed by atoms with Crippen LogP contribution in [0.3, 0.4) is 0 Å². The van der Waals surface area contributed by atoms with Crippen molar-refractivity contribution in [2.75, 3.05) is 0 Å². The van der Waals surface area contributed by atoms with Crippen LogP contribution in [0.5, 0.6) is 11.5 Å². The first-order valence-electron chi connectivity index (χ1n) is 14.8. The Labute approximate surface area is 250 Å². The minimum absolute atomic E-state index is 0.0150. The molecular formula is C36H34O7. The first-order valence-corrected chi connectivity index (χ1v) is 14.8. The number of ether oxygens (including phenoxy) is 3. The highest BCUT2D eigenvalue weighted by atomic mass is 16.6. The molecule has 6 rings (SSSR count). The third-order valence-corrected chi connectivity index (χ3v) is 8.79. The molecule has 43 heavy (non-hydrogen) atoms. The van der Waals surface area contributed by atoms with Gasteiger partial charge in [-0.2, -0.15) is 0 Å². The lowest BCUT2D eigenvalue weighted by atomic mass is 9.68. The van der Waals surface area contributed by atoms with E-state index in [0.29, 0.717) is 59.8 Å². The summed E-state index contributed by atoms with van der Waals surface area (Å²) >= 11 is 0. The summed E-state index contributed by atoms with van der Waals surface area (Å²) in [6.45, 7) is 4.70. The first-order chi connectivity index (χ1) is 20.7. The molecule has 4 aliphatic rings. The van der Waals surface area contributed by atoms with Crippen molar-refractivity contribution >= 4 is 23.5 Å². The van der Waals surface area contributed by atoms with Crippen LogP contribution in [0.15, 0.2) is 95.0 Å². The molecule has 0 amide bonds. The van der Waals surface area contributed by atoms with Gasteiger partial charge in [0.25, 0.3) is 0 Å². The molecule has 1 aliphatic heterocycles. The van der Waals surface area contributed by atoms with Crippen LogP contribution in [0.4, 0.5) is 0 Å². The van der Waals surface area contributed by atoms with Gasteiger partial charge in [-0.05, 0) is 47.4 Å². The van der Waals surface area contributed by atoms with Gasteiger partial charge in [-0.15, -0.1) is 0 Å². The summed E-state index contributed by atoms with van der Waals surface area (Å²) in [5, 5.41) is 0. The zero-order valence-electron chi connectivity index (χ0n) is 24.6. The third-order valence-electron chi connectivity index (χ3n) is 8.79. The second-order valence-corrected chi connectivity index (χ2v) is 11.8. The largest absolute Gasteiger partial charge is 0.465 e. The van der Waals surface area contributed by atoms with Crippen LogP contribution in [0.2, 0.25) is 0 Å². The van der Waals surface area contributed by atoms with E-state index in [-0.39, 0.29) is 34.9 Å². The summed E-state index contributed by atoms with van der Waals surface area (Å²) in [4.78, 5) is 51.7. The van der Waals surface area contributed by atoms with Gasteiger partial charge in [-0.1, -0.05) is 67.1 Å². The number of allylic oxidation sites excluding steroid dienone is 8. The van der Waals surface area contributed by atoms with Crippen LogP contribution in [0.1, 0.15) is 75.8 Å². The number of benzene rings is 2. The van der Waals surface area contributed by atoms with Crippen molar-refractivity contribution in [3.05, 3.63) is 106 Å². The number of hydrogen-bond acceptors (Lipinski definition) is 7. The molecule has 0 spiro atoms. The lowest BCUT2D eigenvalue weighted by Gasteiger charge is -2.40. The summed E-state index contributed by atoms with van der Waals surface area (Å²) in [6, 6.07) is 14.8. The van der Waals surface area contributed by atoms with E-state index in [1.807, 2.05) is 30.3 Å². The summed E-state index contributed by atoms with van der Waals surface area (Å²) in [6.07, 6.45) is 8.97. The Hall–Kier alpha value is -4.52. The van der Waals surface area contributed by atoms with Crippen molar-refractivity contribution in [2.45, 2.75) is 64.7 Å². The van der Waals surface area contributed by atoms with Crippen LogP contribution in [0, 0.1) is 11.8 Å². The van der Waals surface area contributed by atoms with Crippen molar-refractivity contribution in [3.63, 3.8) is 0 Å². The maximum Gasteiger partial charge on any atom is 0.308 e. The maximum atomic E-state index is 14.0. The van der Waals surface area contributed by atoms with Gasteiger partial charge in [0.05, 0.1) is 0 Å². The summed E-state index contributed by atoms with van der Waals surface area (Å²) in [5.41, 5.74) is 3.86. The molecule has 0 saturated heterocycles. The van der Waals surface area contributed by atoms with E-state index >= 15 is 0 Å². The van der Waals surface area contributed by atoms with Gasteiger partial charge < -0.3 is 14.2 Å². The fourth-order valence-electron chi connectivity index (χ4n) is 6.93. The van der Waals surface area contributed by atoms with Crippen LogP contribution in [-0.2, 0) is 23.9 Å². The number of carbonyl (C=O) groups is 4. The van der Waals surface area contributed by atoms with Crippen LogP contribution in [-0.4, -0.2) is 23.5 Å². The second kappa shape index (κ2) is 11.6. The molecule has 4 unspecified atom stereocenters. The molecule has 0 bridgehead atoms. The average Bonchev–Trinajstić information content (AvgIpc) is 2.97. The molecule has 1 heterocycles. The molecule has 2 aromatic rings. The number of ketones is 2. The first kappa shape index (κ1) is 28.6. The van der Waals surface area contributed by atoms with Crippen molar-refractivity contribution in [3.8, 4) is 11.5 Å². The molecule has 0 radical (unpaired) electrons. The fraction of sp³-hybridized carbons (Fsp3) is 0.333. The van der Waals surface area contributed by atoms with Gasteiger partial charge in [0.2, 0.25) is 0 Å². The van der Waals surface area contributed by atoms with E-state index in [0.717, 1.165) is 12.0 Å². The van der Waals surface area contributed by atoms with Gasteiger partial charge in [0, 0.05) is 56.6 Å². The molecule has 0 fully saturated rings. The predicted octanol–water partition coefficient (Wildman–Crippen LogP) is 6.81. The Morgan fingerprint density at radius 2 is 1.40 bits per heavy atom. The zero-order valence-corrected chi connectivity index (χ0v) is 24.6. The smallest absolute Gasteiger partial charge is 0.308 e. The van der Waals surface area contributed by atoms with E-state index in [1.54, 1.807) is 18.2 Å². The Morgan fingerprint density at radius 1 is 0.767 bits per heavy atom. The molecule has 220 valence electrons. The molecule has 0 saturated carbocycles. The van der Waals surface area contributed by atoms with Crippen molar-refractivity contribution < 1.29 is 33.4 Å². The summed E-state index contributed by atoms with van der Waals surface area (Å²) in [7, 11) is 0. The van der Waals surface area contributed by atoms with E-state index < -0.39 is 17.9 Å². The zero-order chi connectivity index (χ0) is 30.2. The van der Waals surface area contributed by atoms with Gasteiger partial charge in [0.15, 0.2) is 23.1 Å². The molecule has 3 aliphatic carbocycles. The normalized spacial score (nSPS) is 25.0. The molecule has 7 nitrogen and oxygen atoms in total. The number of rotatable bonds is 5. The molecular weight excluding hydrogens is 544 g/mol. The summed E-state index contributed by atoms with van der Waals surface area (Å²) in [5.74, 6) is -0.331. The maximum absolute atomic E-state index is 14.0. The van der Waals surface area contributed by atoms with Gasteiger partial charge in [0.1, 0.15) is 11.5 Å². The third kappa shape index (κ3) is 5.64. The molecule has 0 aromatic heterocycles. The van der Waals surface area contributed by atoms with Crippen LogP contribution < -0.4 is 9.47 Å². The number of carbonyl (C=O) groups excluding carboxylic acids is 4. The lowest BCUT2D eigenvalue weighted by Crippen LogP contribution is -2.34. The quantitative estimate of drug-likeness (QED) is 0.284.